The van der Waals surface area contributed by atoms with E-state index in [4.69, 9.17) is 11.6 Å². The summed E-state index contributed by atoms with van der Waals surface area (Å²) in [6.07, 6.45) is 0. The van der Waals surface area contributed by atoms with Crippen molar-refractivity contribution >= 4 is 28.5 Å². The van der Waals surface area contributed by atoms with Crippen LogP contribution in [0.2, 0.25) is 5.02 Å². The van der Waals surface area contributed by atoms with Crippen molar-refractivity contribution in [3.63, 3.8) is 0 Å². The summed E-state index contributed by atoms with van der Waals surface area (Å²) in [7, 11) is 0. The Bertz CT molecular complexity index is 418. The predicted molar refractivity (Wildman–Crippen MR) is 76.8 cm³/mol. The number of thioether (sulfide) groups is 1. The highest BCUT2D eigenvalue weighted by molar-refractivity contribution is 8.14. The van der Waals surface area contributed by atoms with Crippen LogP contribution in [0.25, 0.3) is 0 Å². The Balaban J connectivity index is 1.86. The third kappa shape index (κ3) is 3.39. The molecule has 1 unspecified atom stereocenters. The second-order valence-corrected chi connectivity index (χ2v) is 6.13. The van der Waals surface area contributed by atoms with Gasteiger partial charge in [0.25, 0.3) is 0 Å². The Hall–Kier alpha value is -0.670. The van der Waals surface area contributed by atoms with Gasteiger partial charge in [0.2, 0.25) is 0 Å². The molecule has 1 N–H and O–H groups in total. The van der Waals surface area contributed by atoms with E-state index in [0.29, 0.717) is 11.2 Å². The fourth-order valence-corrected chi connectivity index (χ4v) is 2.86. The Morgan fingerprint density at radius 1 is 1.47 bits per heavy atom. The zero-order chi connectivity index (χ0) is 12.3. The van der Waals surface area contributed by atoms with Gasteiger partial charge in [-0.25, -0.2) is 0 Å². The molecule has 1 aliphatic heterocycles. The quantitative estimate of drug-likeness (QED) is 0.907. The number of amidine groups is 1. The lowest BCUT2D eigenvalue weighted by Gasteiger charge is -2.12. The highest BCUT2D eigenvalue weighted by Crippen LogP contribution is 2.26. The van der Waals surface area contributed by atoms with Crippen LogP contribution in [0.3, 0.4) is 0 Å². The van der Waals surface area contributed by atoms with Crippen LogP contribution in [-0.4, -0.2) is 17.0 Å². The maximum Gasteiger partial charge on any atom is 0.157 e. The highest BCUT2D eigenvalue weighted by Gasteiger charge is 2.22. The maximum absolute atomic E-state index is 6.10. The molecule has 4 heteroatoms. The summed E-state index contributed by atoms with van der Waals surface area (Å²) in [6.45, 7) is 6.15. The molecule has 0 saturated carbocycles. The first-order chi connectivity index (χ1) is 8.16. The second-order valence-electron chi connectivity index (χ2n) is 4.49. The number of halogens is 1. The number of nitrogens with one attached hydrogen (secondary N) is 1. The van der Waals surface area contributed by atoms with E-state index >= 15 is 0 Å². The van der Waals surface area contributed by atoms with Gasteiger partial charge in [-0.3, -0.25) is 4.99 Å². The number of hydrogen-bond donors (Lipinski definition) is 1. The number of rotatable bonds is 3. The smallest absolute Gasteiger partial charge is 0.157 e. The minimum atomic E-state index is 0.615. The van der Waals surface area contributed by atoms with Gasteiger partial charge < -0.3 is 5.32 Å². The van der Waals surface area contributed by atoms with E-state index in [0.717, 1.165) is 28.8 Å². The van der Waals surface area contributed by atoms with Crippen molar-refractivity contribution in [3.05, 3.63) is 34.9 Å². The number of aliphatic imine (C=N–C) groups is 1. The van der Waals surface area contributed by atoms with Crippen LogP contribution in [0, 0.1) is 5.92 Å². The molecular formula is C13H17ClN2S. The summed E-state index contributed by atoms with van der Waals surface area (Å²) in [5.74, 6) is 0.670. The van der Waals surface area contributed by atoms with Crippen LogP contribution < -0.4 is 5.32 Å². The molecule has 2 rings (SSSR count). The Kier molecular flexibility index (Phi) is 4.35. The lowest BCUT2D eigenvalue weighted by Crippen LogP contribution is -2.20. The fraction of sp³-hybridized carbons (Fsp3) is 0.462. The van der Waals surface area contributed by atoms with E-state index in [1.165, 1.54) is 0 Å². The lowest BCUT2D eigenvalue weighted by molar-refractivity contribution is 0.621. The summed E-state index contributed by atoms with van der Waals surface area (Å²) in [5.41, 5.74) is 1.12. The first-order valence-corrected chi connectivity index (χ1v) is 7.11. The van der Waals surface area contributed by atoms with Gasteiger partial charge in [-0.2, -0.15) is 0 Å². The molecule has 0 radical (unpaired) electrons. The highest BCUT2D eigenvalue weighted by atomic mass is 35.5. The van der Waals surface area contributed by atoms with Crippen LogP contribution in [0.5, 0.6) is 0 Å². The molecule has 17 heavy (non-hydrogen) atoms. The molecule has 92 valence electrons. The molecule has 2 nitrogen and oxygen atoms in total. The standard InChI is InChI=1S/C13H17ClN2S/c1-9(2)12-8-16-13(17-12)15-7-10-5-3-4-6-11(10)14/h3-6,9,12H,7-8H2,1-2H3,(H,15,16). The number of hydrogen-bond acceptors (Lipinski definition) is 3. The molecule has 0 spiro atoms. The summed E-state index contributed by atoms with van der Waals surface area (Å²) in [5, 5.41) is 5.82. The Morgan fingerprint density at radius 3 is 2.88 bits per heavy atom. The molecule has 0 aliphatic carbocycles. The van der Waals surface area contributed by atoms with Crippen LogP contribution in [0.4, 0.5) is 0 Å². The van der Waals surface area contributed by atoms with E-state index in [1.807, 2.05) is 36.0 Å². The molecule has 1 aromatic rings. The lowest BCUT2D eigenvalue weighted by atomic mass is 10.1. The molecule has 1 heterocycles. The Labute approximate surface area is 112 Å². The van der Waals surface area contributed by atoms with E-state index in [-0.39, 0.29) is 0 Å². The minimum Gasteiger partial charge on any atom is -0.361 e. The summed E-state index contributed by atoms with van der Waals surface area (Å²) >= 11 is 7.94. The predicted octanol–water partition coefficient (Wildman–Crippen LogP) is 3.56. The van der Waals surface area contributed by atoms with Crippen LogP contribution in [-0.2, 0) is 6.54 Å². The average molecular weight is 269 g/mol. The monoisotopic (exact) mass is 268 g/mol. The van der Waals surface area contributed by atoms with Crippen LogP contribution in [0.1, 0.15) is 19.4 Å². The summed E-state index contributed by atoms with van der Waals surface area (Å²) in [4.78, 5) is 4.51. The first kappa shape index (κ1) is 12.8. The van der Waals surface area contributed by atoms with Gasteiger partial charge in [-0.15, -0.1) is 0 Å². The van der Waals surface area contributed by atoms with Crippen molar-refractivity contribution < 1.29 is 0 Å². The molecule has 1 aromatic carbocycles. The SMILES string of the molecule is CC(C)C1CN=C(NCc2ccccc2Cl)S1. The van der Waals surface area contributed by atoms with Crippen molar-refractivity contribution in [1.29, 1.82) is 0 Å². The maximum atomic E-state index is 6.10. The van der Waals surface area contributed by atoms with Gasteiger partial charge in [0.15, 0.2) is 5.17 Å². The first-order valence-electron chi connectivity index (χ1n) is 5.85. The molecule has 0 saturated heterocycles. The topological polar surface area (TPSA) is 24.4 Å². The van der Waals surface area contributed by atoms with E-state index in [1.54, 1.807) is 0 Å². The third-order valence-electron chi connectivity index (χ3n) is 2.81. The fourth-order valence-electron chi connectivity index (χ4n) is 1.65. The van der Waals surface area contributed by atoms with Gasteiger partial charge in [0.1, 0.15) is 0 Å². The zero-order valence-corrected chi connectivity index (χ0v) is 11.7. The third-order valence-corrected chi connectivity index (χ3v) is 4.67. The molecule has 1 atom stereocenters. The molecular weight excluding hydrogens is 252 g/mol. The largest absolute Gasteiger partial charge is 0.361 e. The molecule has 0 bridgehead atoms. The van der Waals surface area contributed by atoms with Crippen molar-refractivity contribution in [2.75, 3.05) is 6.54 Å². The van der Waals surface area contributed by atoms with Crippen molar-refractivity contribution in [1.82, 2.24) is 5.32 Å². The van der Waals surface area contributed by atoms with Crippen molar-refractivity contribution in [3.8, 4) is 0 Å². The second kappa shape index (κ2) is 5.78. The van der Waals surface area contributed by atoms with Gasteiger partial charge >= 0.3 is 0 Å². The summed E-state index contributed by atoms with van der Waals surface area (Å²) < 4.78 is 0. The van der Waals surface area contributed by atoms with Crippen LogP contribution >= 0.6 is 23.4 Å². The van der Waals surface area contributed by atoms with Gasteiger partial charge in [-0.1, -0.05) is 55.4 Å². The minimum absolute atomic E-state index is 0.615. The van der Waals surface area contributed by atoms with Crippen molar-refractivity contribution in [2.45, 2.75) is 25.6 Å². The molecule has 1 aliphatic rings. The number of benzene rings is 1. The number of nitrogens with zero attached hydrogens (tertiary/aromatic N) is 1. The van der Waals surface area contributed by atoms with E-state index < -0.39 is 0 Å². The molecule has 0 amide bonds. The van der Waals surface area contributed by atoms with Crippen molar-refractivity contribution in [2.24, 2.45) is 10.9 Å². The van der Waals surface area contributed by atoms with Crippen LogP contribution in [0.15, 0.2) is 29.3 Å². The average Bonchev–Trinajstić information content (AvgIpc) is 2.77. The normalized spacial score (nSPS) is 19.5. The Morgan fingerprint density at radius 2 is 2.24 bits per heavy atom. The molecule has 0 fully saturated rings. The summed E-state index contributed by atoms with van der Waals surface area (Å²) in [6, 6.07) is 7.90. The van der Waals surface area contributed by atoms with Gasteiger partial charge in [0, 0.05) is 16.8 Å². The van der Waals surface area contributed by atoms with E-state index in [2.05, 4.69) is 24.2 Å². The van der Waals surface area contributed by atoms with Gasteiger partial charge in [-0.05, 0) is 17.5 Å². The molecule has 0 aromatic heterocycles. The van der Waals surface area contributed by atoms with Gasteiger partial charge in [0.05, 0.1) is 6.54 Å². The zero-order valence-electron chi connectivity index (χ0n) is 10.1. The van der Waals surface area contributed by atoms with E-state index in [9.17, 15) is 0 Å².